The first-order valence-corrected chi connectivity index (χ1v) is 6.46. The van der Waals surface area contributed by atoms with Crippen molar-refractivity contribution in [2.75, 3.05) is 0 Å². The van der Waals surface area contributed by atoms with Crippen molar-refractivity contribution in [2.45, 2.75) is 16.7 Å². The highest BCUT2D eigenvalue weighted by molar-refractivity contribution is 7.85. The van der Waals surface area contributed by atoms with E-state index in [1.54, 1.807) is 6.07 Å². The van der Waals surface area contributed by atoms with Crippen molar-refractivity contribution in [1.82, 2.24) is 0 Å². The molecule has 0 spiro atoms. The molecule has 0 saturated heterocycles. The Morgan fingerprint density at radius 3 is 2.28 bits per heavy atom. The van der Waals surface area contributed by atoms with Crippen LogP contribution in [0.4, 0.5) is 5.69 Å². The van der Waals surface area contributed by atoms with Gasteiger partial charge < -0.3 is 0 Å². The van der Waals surface area contributed by atoms with Gasteiger partial charge in [0, 0.05) is 21.9 Å². The molecule has 0 heterocycles. The third kappa shape index (κ3) is 2.62. The number of rotatable bonds is 3. The molecule has 92 valence electrons. The largest absolute Gasteiger partial charge is 0.269 e. The Labute approximate surface area is 107 Å². The van der Waals surface area contributed by atoms with Crippen LogP contribution in [0.3, 0.4) is 0 Å². The number of nitro groups is 1. The monoisotopic (exact) mass is 261 g/mol. The van der Waals surface area contributed by atoms with Gasteiger partial charge in [-0.15, -0.1) is 0 Å². The van der Waals surface area contributed by atoms with E-state index >= 15 is 0 Å². The van der Waals surface area contributed by atoms with Crippen LogP contribution < -0.4 is 0 Å². The fraction of sp³-hybridized carbons (Fsp3) is 0.0769. The molecule has 0 saturated carbocycles. The summed E-state index contributed by atoms with van der Waals surface area (Å²) in [6.45, 7) is 1.93. The van der Waals surface area contributed by atoms with Crippen LogP contribution in [0.1, 0.15) is 5.56 Å². The summed E-state index contributed by atoms with van der Waals surface area (Å²) in [5.41, 5.74) is 1.03. The zero-order valence-corrected chi connectivity index (χ0v) is 10.5. The molecule has 0 amide bonds. The van der Waals surface area contributed by atoms with Gasteiger partial charge in [0.1, 0.15) is 0 Å². The molecule has 4 nitrogen and oxygen atoms in total. The van der Waals surface area contributed by atoms with E-state index in [-0.39, 0.29) is 5.69 Å². The molecule has 2 rings (SSSR count). The van der Waals surface area contributed by atoms with Gasteiger partial charge in [-0.1, -0.05) is 12.1 Å². The van der Waals surface area contributed by atoms with E-state index in [9.17, 15) is 14.3 Å². The number of hydrogen-bond acceptors (Lipinski definition) is 3. The highest BCUT2D eigenvalue weighted by Gasteiger charge is 2.10. The Kier molecular flexibility index (Phi) is 3.53. The molecule has 0 aromatic heterocycles. The molecule has 18 heavy (non-hydrogen) atoms. The van der Waals surface area contributed by atoms with Gasteiger partial charge in [0.25, 0.3) is 5.69 Å². The first kappa shape index (κ1) is 12.4. The summed E-state index contributed by atoms with van der Waals surface area (Å²) < 4.78 is 12.2. The van der Waals surface area contributed by atoms with Crippen molar-refractivity contribution in [1.29, 1.82) is 0 Å². The molecular weight excluding hydrogens is 250 g/mol. The zero-order valence-electron chi connectivity index (χ0n) is 9.70. The maximum atomic E-state index is 12.2. The Morgan fingerprint density at radius 1 is 1.06 bits per heavy atom. The highest BCUT2D eigenvalue weighted by atomic mass is 32.2. The van der Waals surface area contributed by atoms with Crippen LogP contribution in [0.5, 0.6) is 0 Å². The van der Waals surface area contributed by atoms with E-state index < -0.39 is 15.7 Å². The van der Waals surface area contributed by atoms with Gasteiger partial charge in [0.2, 0.25) is 0 Å². The summed E-state index contributed by atoms with van der Waals surface area (Å²) in [5, 5.41) is 10.5. The van der Waals surface area contributed by atoms with Crippen molar-refractivity contribution >= 4 is 16.5 Å². The maximum Gasteiger partial charge on any atom is 0.269 e. The summed E-state index contributed by atoms with van der Waals surface area (Å²) in [6, 6.07) is 13.2. The molecule has 2 aromatic rings. The molecule has 1 unspecified atom stereocenters. The van der Waals surface area contributed by atoms with Crippen molar-refractivity contribution in [3.8, 4) is 0 Å². The van der Waals surface area contributed by atoms with E-state index in [4.69, 9.17) is 0 Å². The van der Waals surface area contributed by atoms with Gasteiger partial charge >= 0.3 is 0 Å². The molecule has 1 atom stereocenters. The molecule has 0 aliphatic heterocycles. The van der Waals surface area contributed by atoms with Crippen LogP contribution in [0.25, 0.3) is 0 Å². The Balaban J connectivity index is 2.32. The lowest BCUT2D eigenvalue weighted by Gasteiger charge is -2.03. The molecule has 0 radical (unpaired) electrons. The van der Waals surface area contributed by atoms with E-state index in [0.29, 0.717) is 9.79 Å². The van der Waals surface area contributed by atoms with E-state index in [1.165, 1.54) is 24.3 Å². The average Bonchev–Trinajstić information content (AvgIpc) is 2.38. The lowest BCUT2D eigenvalue weighted by molar-refractivity contribution is -0.384. The summed E-state index contributed by atoms with van der Waals surface area (Å²) in [5.74, 6) is 0. The minimum Gasteiger partial charge on any atom is -0.258 e. The second kappa shape index (κ2) is 5.10. The second-order valence-electron chi connectivity index (χ2n) is 3.84. The highest BCUT2D eigenvalue weighted by Crippen LogP contribution is 2.20. The molecule has 0 aliphatic rings. The van der Waals surface area contributed by atoms with Crippen LogP contribution in [0.2, 0.25) is 0 Å². The van der Waals surface area contributed by atoms with Gasteiger partial charge in [-0.3, -0.25) is 10.1 Å². The lowest BCUT2D eigenvalue weighted by atomic mass is 10.2. The molecular formula is C13H11NO3S. The molecule has 2 aromatic carbocycles. The normalized spacial score (nSPS) is 12.1. The second-order valence-corrected chi connectivity index (χ2v) is 5.32. The standard InChI is InChI=1S/C13H11NO3S/c1-10-3-2-4-13(9-10)18(17)12-7-5-11(6-8-12)14(15)16/h2-9H,1H3. The molecule has 0 aliphatic carbocycles. The van der Waals surface area contributed by atoms with Crippen LogP contribution in [-0.2, 0) is 10.8 Å². The Morgan fingerprint density at radius 2 is 1.72 bits per heavy atom. The summed E-state index contributed by atoms with van der Waals surface area (Å²) in [4.78, 5) is 11.3. The third-order valence-corrected chi connectivity index (χ3v) is 3.85. The van der Waals surface area contributed by atoms with E-state index in [2.05, 4.69) is 0 Å². The van der Waals surface area contributed by atoms with Crippen molar-refractivity contribution in [2.24, 2.45) is 0 Å². The van der Waals surface area contributed by atoms with Gasteiger partial charge in [0.05, 0.1) is 15.7 Å². The van der Waals surface area contributed by atoms with Crippen LogP contribution in [-0.4, -0.2) is 9.13 Å². The van der Waals surface area contributed by atoms with Crippen LogP contribution in [0, 0.1) is 17.0 Å². The molecule has 5 heteroatoms. The van der Waals surface area contributed by atoms with E-state index in [1.807, 2.05) is 25.1 Å². The summed E-state index contributed by atoms with van der Waals surface area (Å²) in [7, 11) is -1.30. The van der Waals surface area contributed by atoms with E-state index in [0.717, 1.165) is 5.56 Å². The Bertz CT molecular complexity index is 608. The van der Waals surface area contributed by atoms with Gasteiger partial charge in [-0.25, -0.2) is 4.21 Å². The van der Waals surface area contributed by atoms with Gasteiger partial charge in [-0.2, -0.15) is 0 Å². The zero-order chi connectivity index (χ0) is 13.1. The van der Waals surface area contributed by atoms with Crippen LogP contribution in [0.15, 0.2) is 58.3 Å². The predicted molar refractivity (Wildman–Crippen MR) is 68.9 cm³/mol. The molecule has 0 N–H and O–H groups in total. The van der Waals surface area contributed by atoms with Gasteiger partial charge in [-0.05, 0) is 36.8 Å². The lowest BCUT2D eigenvalue weighted by Crippen LogP contribution is -1.94. The fourth-order valence-corrected chi connectivity index (χ4v) is 2.71. The number of benzene rings is 2. The third-order valence-electron chi connectivity index (χ3n) is 2.47. The minimum atomic E-state index is -1.30. The number of nitro benzene ring substituents is 1. The Hall–Kier alpha value is -2.01. The average molecular weight is 261 g/mol. The topological polar surface area (TPSA) is 60.2 Å². The number of nitrogens with zero attached hydrogens (tertiary/aromatic N) is 1. The fourth-order valence-electron chi connectivity index (χ4n) is 1.56. The van der Waals surface area contributed by atoms with Gasteiger partial charge in [0.15, 0.2) is 0 Å². The smallest absolute Gasteiger partial charge is 0.258 e. The molecule has 0 fully saturated rings. The number of hydrogen-bond donors (Lipinski definition) is 0. The summed E-state index contributed by atoms with van der Waals surface area (Å²) >= 11 is 0. The number of aryl methyl sites for hydroxylation is 1. The van der Waals surface area contributed by atoms with Crippen molar-refractivity contribution < 1.29 is 9.13 Å². The predicted octanol–water partition coefficient (Wildman–Crippen LogP) is 3.07. The number of non-ortho nitro benzene ring substituents is 1. The molecule has 0 bridgehead atoms. The SMILES string of the molecule is Cc1cccc(S(=O)c2ccc([N+](=O)[O-])cc2)c1. The maximum absolute atomic E-state index is 12.2. The van der Waals surface area contributed by atoms with Crippen molar-refractivity contribution in [3.63, 3.8) is 0 Å². The van der Waals surface area contributed by atoms with Crippen molar-refractivity contribution in [3.05, 3.63) is 64.2 Å². The van der Waals surface area contributed by atoms with Crippen LogP contribution >= 0.6 is 0 Å². The minimum absolute atomic E-state index is 0.00000719. The summed E-state index contributed by atoms with van der Waals surface area (Å²) in [6.07, 6.45) is 0. The quantitative estimate of drug-likeness (QED) is 0.630. The first-order valence-electron chi connectivity index (χ1n) is 5.31. The first-order chi connectivity index (χ1) is 8.58.